The van der Waals surface area contributed by atoms with E-state index in [4.69, 9.17) is 14.9 Å². The van der Waals surface area contributed by atoms with Crippen LogP contribution in [0.3, 0.4) is 0 Å². The van der Waals surface area contributed by atoms with Gasteiger partial charge in [-0.1, -0.05) is 6.92 Å². The number of halogens is 1. The van der Waals surface area contributed by atoms with Crippen LogP contribution in [0.1, 0.15) is 31.6 Å². The van der Waals surface area contributed by atoms with Crippen molar-refractivity contribution in [2.75, 3.05) is 6.61 Å². The first kappa shape index (κ1) is 12.6. The summed E-state index contributed by atoms with van der Waals surface area (Å²) < 4.78 is 24.6. The van der Waals surface area contributed by atoms with Gasteiger partial charge in [-0.15, -0.1) is 0 Å². The first-order valence-electron chi connectivity index (χ1n) is 6.75. The molecule has 1 fully saturated rings. The maximum absolute atomic E-state index is 13.2. The Morgan fingerprint density at radius 3 is 3.05 bits per heavy atom. The predicted octanol–water partition coefficient (Wildman–Crippen LogP) is 3.39. The zero-order valence-electron chi connectivity index (χ0n) is 10.9. The normalized spacial score (nSPS) is 25.0. The van der Waals surface area contributed by atoms with Crippen molar-refractivity contribution >= 4 is 11.0 Å². The molecule has 2 aromatic rings. The highest BCUT2D eigenvalue weighted by atomic mass is 19.1. The molecule has 4 heteroatoms. The van der Waals surface area contributed by atoms with Gasteiger partial charge in [-0.05, 0) is 37.1 Å². The van der Waals surface area contributed by atoms with Crippen LogP contribution in [0.15, 0.2) is 28.7 Å². The maximum atomic E-state index is 13.2. The van der Waals surface area contributed by atoms with Gasteiger partial charge in [-0.3, -0.25) is 0 Å². The van der Waals surface area contributed by atoms with Crippen LogP contribution in [0.5, 0.6) is 0 Å². The summed E-state index contributed by atoms with van der Waals surface area (Å²) in [6, 6.07) is 6.16. The number of rotatable bonds is 3. The molecule has 2 heterocycles. The fourth-order valence-corrected chi connectivity index (χ4v) is 2.91. The predicted molar refractivity (Wildman–Crippen MR) is 71.2 cm³/mol. The fraction of sp³-hybridized carbons (Fsp3) is 0.467. The quantitative estimate of drug-likeness (QED) is 0.923. The van der Waals surface area contributed by atoms with Gasteiger partial charge in [0, 0.05) is 17.9 Å². The van der Waals surface area contributed by atoms with Crippen molar-refractivity contribution in [2.24, 2.45) is 11.7 Å². The van der Waals surface area contributed by atoms with Gasteiger partial charge in [0.2, 0.25) is 0 Å². The molecule has 3 atom stereocenters. The number of fused-ring (bicyclic) bond motifs is 1. The highest BCUT2D eigenvalue weighted by Gasteiger charge is 2.34. The van der Waals surface area contributed by atoms with E-state index in [2.05, 4.69) is 6.92 Å². The van der Waals surface area contributed by atoms with E-state index in [-0.39, 0.29) is 23.9 Å². The second-order valence-corrected chi connectivity index (χ2v) is 5.13. The molecule has 1 aliphatic rings. The van der Waals surface area contributed by atoms with Gasteiger partial charge in [0.25, 0.3) is 0 Å². The first-order chi connectivity index (χ1) is 9.19. The Bertz CT molecular complexity index is 581. The van der Waals surface area contributed by atoms with E-state index in [0.29, 0.717) is 5.58 Å². The number of hydrogen-bond acceptors (Lipinski definition) is 3. The lowest BCUT2D eigenvalue weighted by Crippen LogP contribution is -2.27. The molecule has 3 rings (SSSR count). The van der Waals surface area contributed by atoms with E-state index in [1.807, 2.05) is 6.07 Å². The van der Waals surface area contributed by atoms with Crippen molar-refractivity contribution in [3.8, 4) is 0 Å². The van der Waals surface area contributed by atoms with Crippen LogP contribution in [0.25, 0.3) is 11.0 Å². The van der Waals surface area contributed by atoms with Gasteiger partial charge in [0.05, 0.1) is 12.1 Å². The monoisotopic (exact) mass is 263 g/mol. The Kier molecular flexibility index (Phi) is 3.29. The minimum Gasteiger partial charge on any atom is -0.459 e. The molecule has 3 unspecified atom stereocenters. The Labute approximate surface area is 111 Å². The number of ether oxygens (including phenoxy) is 1. The summed E-state index contributed by atoms with van der Waals surface area (Å²) in [6.45, 7) is 2.86. The third-order valence-corrected chi connectivity index (χ3v) is 3.95. The Hall–Kier alpha value is -1.39. The average molecular weight is 263 g/mol. The third kappa shape index (κ3) is 2.26. The van der Waals surface area contributed by atoms with E-state index in [1.165, 1.54) is 12.1 Å². The SMILES string of the molecule is CCC1OCCC1C(N)c1cc2cc(F)ccc2o1. The van der Waals surface area contributed by atoms with E-state index >= 15 is 0 Å². The van der Waals surface area contributed by atoms with Crippen LogP contribution in [-0.2, 0) is 4.74 Å². The molecule has 102 valence electrons. The Balaban J connectivity index is 1.90. The summed E-state index contributed by atoms with van der Waals surface area (Å²) in [6.07, 6.45) is 2.10. The number of hydrogen-bond donors (Lipinski definition) is 1. The molecular formula is C15H18FNO2. The molecule has 0 saturated carbocycles. The maximum Gasteiger partial charge on any atom is 0.134 e. The third-order valence-electron chi connectivity index (χ3n) is 3.95. The van der Waals surface area contributed by atoms with Gasteiger partial charge < -0.3 is 14.9 Å². The van der Waals surface area contributed by atoms with Crippen molar-refractivity contribution in [1.29, 1.82) is 0 Å². The summed E-state index contributed by atoms with van der Waals surface area (Å²) in [5, 5.41) is 0.761. The summed E-state index contributed by atoms with van der Waals surface area (Å²) in [7, 11) is 0. The molecule has 0 spiro atoms. The van der Waals surface area contributed by atoms with Gasteiger partial charge in [0.1, 0.15) is 17.2 Å². The molecular weight excluding hydrogens is 245 g/mol. The van der Waals surface area contributed by atoms with E-state index in [1.54, 1.807) is 6.07 Å². The molecule has 0 radical (unpaired) electrons. The second-order valence-electron chi connectivity index (χ2n) is 5.13. The first-order valence-corrected chi connectivity index (χ1v) is 6.75. The molecule has 3 nitrogen and oxygen atoms in total. The number of nitrogens with two attached hydrogens (primary N) is 1. The average Bonchev–Trinajstić information content (AvgIpc) is 3.03. The Morgan fingerprint density at radius 1 is 1.42 bits per heavy atom. The highest BCUT2D eigenvalue weighted by molar-refractivity contribution is 5.78. The summed E-state index contributed by atoms with van der Waals surface area (Å²) in [4.78, 5) is 0. The van der Waals surface area contributed by atoms with Crippen LogP contribution in [0, 0.1) is 11.7 Å². The topological polar surface area (TPSA) is 48.4 Å². The molecule has 1 aromatic carbocycles. The largest absolute Gasteiger partial charge is 0.459 e. The summed E-state index contributed by atoms with van der Waals surface area (Å²) >= 11 is 0. The van der Waals surface area contributed by atoms with Gasteiger partial charge >= 0.3 is 0 Å². The van der Waals surface area contributed by atoms with Crippen molar-refractivity contribution in [3.05, 3.63) is 35.8 Å². The van der Waals surface area contributed by atoms with Crippen LogP contribution >= 0.6 is 0 Å². The molecule has 0 aliphatic carbocycles. The van der Waals surface area contributed by atoms with Crippen LogP contribution in [0.2, 0.25) is 0 Å². The van der Waals surface area contributed by atoms with Crippen LogP contribution in [0.4, 0.5) is 4.39 Å². The van der Waals surface area contributed by atoms with E-state index < -0.39 is 0 Å². The summed E-state index contributed by atoms with van der Waals surface area (Å²) in [5.74, 6) is 0.731. The lowest BCUT2D eigenvalue weighted by atomic mass is 9.90. The van der Waals surface area contributed by atoms with Gasteiger partial charge in [-0.2, -0.15) is 0 Å². The summed E-state index contributed by atoms with van der Waals surface area (Å²) in [5.41, 5.74) is 6.98. The molecule has 1 saturated heterocycles. The van der Waals surface area contributed by atoms with Crippen molar-refractivity contribution in [3.63, 3.8) is 0 Å². The number of benzene rings is 1. The fourth-order valence-electron chi connectivity index (χ4n) is 2.91. The van der Waals surface area contributed by atoms with Gasteiger partial charge in [-0.25, -0.2) is 4.39 Å². The second kappa shape index (κ2) is 4.94. The minimum absolute atomic E-state index is 0.192. The van der Waals surface area contributed by atoms with Crippen LogP contribution < -0.4 is 5.73 Å². The molecule has 1 aliphatic heterocycles. The molecule has 1 aromatic heterocycles. The zero-order valence-corrected chi connectivity index (χ0v) is 10.9. The Morgan fingerprint density at radius 2 is 2.26 bits per heavy atom. The smallest absolute Gasteiger partial charge is 0.134 e. The van der Waals surface area contributed by atoms with Crippen molar-refractivity contribution < 1.29 is 13.5 Å². The van der Waals surface area contributed by atoms with Gasteiger partial charge in [0.15, 0.2) is 0 Å². The van der Waals surface area contributed by atoms with E-state index in [9.17, 15) is 4.39 Å². The molecule has 2 N–H and O–H groups in total. The highest BCUT2D eigenvalue weighted by Crippen LogP contribution is 2.35. The lowest BCUT2D eigenvalue weighted by molar-refractivity contribution is 0.0794. The van der Waals surface area contributed by atoms with Crippen molar-refractivity contribution in [1.82, 2.24) is 0 Å². The minimum atomic E-state index is -0.260. The standard InChI is InChI=1S/C15H18FNO2/c1-2-12-11(5-6-18-12)15(17)14-8-9-7-10(16)3-4-13(9)19-14/h3-4,7-8,11-12,15H,2,5-6,17H2,1H3. The molecule has 0 bridgehead atoms. The van der Waals surface area contributed by atoms with Crippen molar-refractivity contribution in [2.45, 2.75) is 31.9 Å². The zero-order chi connectivity index (χ0) is 13.4. The lowest BCUT2D eigenvalue weighted by Gasteiger charge is -2.21. The van der Waals surface area contributed by atoms with E-state index in [0.717, 1.165) is 30.6 Å². The number of furan rings is 1. The molecule has 0 amide bonds. The molecule has 19 heavy (non-hydrogen) atoms. The van der Waals surface area contributed by atoms with Crippen LogP contribution in [-0.4, -0.2) is 12.7 Å².